The third-order valence-electron chi connectivity index (χ3n) is 3.10. The first-order chi connectivity index (χ1) is 6.74. The topological polar surface area (TPSA) is 23.5 Å². The van der Waals surface area contributed by atoms with Crippen molar-refractivity contribution in [1.29, 1.82) is 0 Å². The summed E-state index contributed by atoms with van der Waals surface area (Å²) in [7, 11) is 0. The molecule has 0 aromatic heterocycles. The Morgan fingerprint density at radius 2 is 2.21 bits per heavy atom. The highest BCUT2D eigenvalue weighted by molar-refractivity contribution is 9.09. The maximum atomic E-state index is 9.45. The van der Waals surface area contributed by atoms with Crippen LogP contribution < -0.4 is 0 Å². The van der Waals surface area contributed by atoms with E-state index in [9.17, 15) is 5.11 Å². The highest BCUT2D eigenvalue weighted by Crippen LogP contribution is 2.19. The van der Waals surface area contributed by atoms with E-state index in [-0.39, 0.29) is 6.10 Å². The van der Waals surface area contributed by atoms with E-state index in [0.717, 1.165) is 11.9 Å². The number of rotatable bonds is 6. The van der Waals surface area contributed by atoms with Crippen LogP contribution in [-0.2, 0) is 0 Å². The highest BCUT2D eigenvalue weighted by atomic mass is 79.9. The molecule has 2 atom stereocenters. The number of unbranched alkanes of at least 4 members (excludes halogenated alkanes) is 2. The maximum Gasteiger partial charge on any atom is 0.0552 e. The van der Waals surface area contributed by atoms with Gasteiger partial charge < -0.3 is 10.0 Å². The van der Waals surface area contributed by atoms with Gasteiger partial charge in [0.15, 0.2) is 0 Å². The Morgan fingerprint density at radius 1 is 1.43 bits per heavy atom. The van der Waals surface area contributed by atoms with Gasteiger partial charge in [-0.1, -0.05) is 22.4 Å². The van der Waals surface area contributed by atoms with Crippen molar-refractivity contribution >= 4 is 15.9 Å². The van der Waals surface area contributed by atoms with Crippen LogP contribution in [-0.4, -0.2) is 41.1 Å². The van der Waals surface area contributed by atoms with E-state index in [1.54, 1.807) is 0 Å². The molecule has 0 aromatic rings. The SMILES string of the molecule is CC(O)C1CCN(CCCCCBr)C1. The molecular weight excluding hydrogens is 242 g/mol. The molecular formula is C11H22BrNO. The minimum atomic E-state index is -0.123. The molecule has 0 aromatic carbocycles. The number of likely N-dealkylation sites (tertiary alicyclic amines) is 1. The van der Waals surface area contributed by atoms with E-state index in [0.29, 0.717) is 5.92 Å². The monoisotopic (exact) mass is 263 g/mol. The van der Waals surface area contributed by atoms with Crippen molar-refractivity contribution in [2.24, 2.45) is 5.92 Å². The molecule has 0 aliphatic carbocycles. The van der Waals surface area contributed by atoms with Gasteiger partial charge in [0.2, 0.25) is 0 Å². The normalized spacial score (nSPS) is 25.5. The molecule has 1 fully saturated rings. The Bertz CT molecular complexity index is 152. The Morgan fingerprint density at radius 3 is 2.79 bits per heavy atom. The highest BCUT2D eigenvalue weighted by Gasteiger charge is 2.25. The number of nitrogens with zero attached hydrogens (tertiary/aromatic N) is 1. The van der Waals surface area contributed by atoms with Crippen LogP contribution in [0.2, 0.25) is 0 Å². The standard InChI is InChI=1S/C11H22BrNO/c1-10(14)11-5-8-13(9-11)7-4-2-3-6-12/h10-11,14H,2-9H2,1H3. The van der Waals surface area contributed by atoms with Crippen LogP contribution in [0.1, 0.15) is 32.6 Å². The minimum Gasteiger partial charge on any atom is -0.393 e. The molecule has 2 nitrogen and oxygen atoms in total. The van der Waals surface area contributed by atoms with E-state index in [1.165, 1.54) is 38.8 Å². The quantitative estimate of drug-likeness (QED) is 0.587. The third-order valence-corrected chi connectivity index (χ3v) is 3.66. The van der Waals surface area contributed by atoms with E-state index in [1.807, 2.05) is 6.92 Å². The molecule has 1 aliphatic heterocycles. The smallest absolute Gasteiger partial charge is 0.0552 e. The summed E-state index contributed by atoms with van der Waals surface area (Å²) in [5.41, 5.74) is 0. The molecule has 3 heteroatoms. The van der Waals surface area contributed by atoms with Crippen molar-refractivity contribution < 1.29 is 5.11 Å². The average molecular weight is 264 g/mol. The maximum absolute atomic E-state index is 9.45. The van der Waals surface area contributed by atoms with Crippen LogP contribution in [0.4, 0.5) is 0 Å². The lowest BCUT2D eigenvalue weighted by atomic mass is 10.0. The van der Waals surface area contributed by atoms with E-state index in [2.05, 4.69) is 20.8 Å². The van der Waals surface area contributed by atoms with Gasteiger partial charge in [0.1, 0.15) is 0 Å². The van der Waals surface area contributed by atoms with Crippen LogP contribution >= 0.6 is 15.9 Å². The summed E-state index contributed by atoms with van der Waals surface area (Å²) in [5.74, 6) is 0.520. The fourth-order valence-corrected chi connectivity index (χ4v) is 2.46. The fraction of sp³-hybridized carbons (Fsp3) is 1.00. The first-order valence-electron chi connectivity index (χ1n) is 5.70. The molecule has 1 aliphatic rings. The molecule has 84 valence electrons. The third kappa shape index (κ3) is 4.28. The lowest BCUT2D eigenvalue weighted by molar-refractivity contribution is 0.127. The Balaban J connectivity index is 2.04. The molecule has 0 radical (unpaired) electrons. The first-order valence-corrected chi connectivity index (χ1v) is 6.82. The van der Waals surface area contributed by atoms with Crippen molar-refractivity contribution in [3.63, 3.8) is 0 Å². The Kier molecular flexibility index (Phi) is 6.06. The largest absolute Gasteiger partial charge is 0.393 e. The van der Waals surface area contributed by atoms with Crippen molar-refractivity contribution in [3.8, 4) is 0 Å². The van der Waals surface area contributed by atoms with Crippen molar-refractivity contribution in [1.82, 2.24) is 4.90 Å². The zero-order valence-corrected chi connectivity index (χ0v) is 10.7. The van der Waals surface area contributed by atoms with Gasteiger partial charge in [-0.15, -0.1) is 0 Å². The number of halogens is 1. The summed E-state index contributed by atoms with van der Waals surface area (Å²) in [6, 6.07) is 0. The van der Waals surface area contributed by atoms with E-state index >= 15 is 0 Å². The first kappa shape index (κ1) is 12.5. The van der Waals surface area contributed by atoms with Gasteiger partial charge in [-0.25, -0.2) is 0 Å². The fourth-order valence-electron chi connectivity index (χ4n) is 2.07. The van der Waals surface area contributed by atoms with Crippen molar-refractivity contribution in [2.45, 2.75) is 38.7 Å². The zero-order valence-electron chi connectivity index (χ0n) is 9.08. The van der Waals surface area contributed by atoms with Gasteiger partial charge >= 0.3 is 0 Å². The van der Waals surface area contributed by atoms with Gasteiger partial charge in [-0.3, -0.25) is 0 Å². The second-order valence-electron chi connectivity index (χ2n) is 4.34. The summed E-state index contributed by atoms with van der Waals surface area (Å²) in [4.78, 5) is 2.49. The van der Waals surface area contributed by atoms with Crippen LogP contribution in [0.5, 0.6) is 0 Å². The van der Waals surface area contributed by atoms with Gasteiger partial charge in [-0.2, -0.15) is 0 Å². The molecule has 1 saturated heterocycles. The van der Waals surface area contributed by atoms with Crippen molar-refractivity contribution in [2.75, 3.05) is 25.0 Å². The van der Waals surface area contributed by atoms with E-state index < -0.39 is 0 Å². The number of alkyl halides is 1. The summed E-state index contributed by atoms with van der Waals surface area (Å²) >= 11 is 3.45. The predicted octanol–water partition coefficient (Wildman–Crippen LogP) is 2.25. The molecule has 0 saturated carbocycles. The molecule has 1 heterocycles. The Labute approximate surface area is 95.8 Å². The number of aliphatic hydroxyl groups is 1. The van der Waals surface area contributed by atoms with E-state index in [4.69, 9.17) is 0 Å². The van der Waals surface area contributed by atoms with Gasteiger partial charge in [-0.05, 0) is 45.2 Å². The average Bonchev–Trinajstić information content (AvgIpc) is 2.61. The molecule has 14 heavy (non-hydrogen) atoms. The van der Waals surface area contributed by atoms with Crippen LogP contribution in [0.15, 0.2) is 0 Å². The summed E-state index contributed by atoms with van der Waals surface area (Å²) in [5, 5.41) is 10.6. The minimum absolute atomic E-state index is 0.123. The molecule has 1 N–H and O–H groups in total. The summed E-state index contributed by atoms with van der Waals surface area (Å²) < 4.78 is 0. The van der Waals surface area contributed by atoms with Gasteiger partial charge in [0.25, 0.3) is 0 Å². The van der Waals surface area contributed by atoms with Gasteiger partial charge in [0.05, 0.1) is 6.10 Å². The number of hydrogen-bond acceptors (Lipinski definition) is 2. The van der Waals surface area contributed by atoms with Crippen LogP contribution in [0, 0.1) is 5.92 Å². The number of aliphatic hydroxyl groups excluding tert-OH is 1. The molecule has 0 bridgehead atoms. The zero-order chi connectivity index (χ0) is 10.4. The van der Waals surface area contributed by atoms with Crippen molar-refractivity contribution in [3.05, 3.63) is 0 Å². The Hall–Kier alpha value is 0.400. The second kappa shape index (κ2) is 6.81. The molecule has 0 amide bonds. The van der Waals surface area contributed by atoms with Crippen LogP contribution in [0.3, 0.4) is 0 Å². The van der Waals surface area contributed by atoms with Gasteiger partial charge in [0, 0.05) is 11.9 Å². The summed E-state index contributed by atoms with van der Waals surface area (Å²) in [6.07, 6.45) is 4.96. The summed E-state index contributed by atoms with van der Waals surface area (Å²) in [6.45, 7) is 5.42. The van der Waals surface area contributed by atoms with Crippen LogP contribution in [0.25, 0.3) is 0 Å². The molecule has 0 spiro atoms. The number of hydrogen-bond donors (Lipinski definition) is 1. The second-order valence-corrected chi connectivity index (χ2v) is 5.13. The lowest BCUT2D eigenvalue weighted by Gasteiger charge is -2.16. The molecule has 2 unspecified atom stereocenters. The molecule has 1 rings (SSSR count). The lowest BCUT2D eigenvalue weighted by Crippen LogP contribution is -2.25. The predicted molar refractivity (Wildman–Crippen MR) is 63.9 cm³/mol.